The Morgan fingerprint density at radius 3 is 2.15 bits per heavy atom. The first-order valence-corrected chi connectivity index (χ1v) is 11.5. The molecule has 0 aliphatic carbocycles. The highest BCUT2D eigenvalue weighted by atomic mass is 32.2. The molecule has 0 spiro atoms. The summed E-state index contributed by atoms with van der Waals surface area (Å²) >= 11 is 0. The number of carbonyl (C=O) groups excluding carboxylic acids is 1. The molecule has 2 heterocycles. The van der Waals surface area contributed by atoms with Crippen molar-refractivity contribution in [3.8, 4) is 0 Å². The molecule has 7 nitrogen and oxygen atoms in total. The molecule has 0 aromatic heterocycles. The smallest absolute Gasteiger partial charge is 0.281 e. The van der Waals surface area contributed by atoms with Crippen molar-refractivity contribution in [2.24, 2.45) is 11.8 Å². The van der Waals surface area contributed by atoms with E-state index in [2.05, 4.69) is 31.0 Å². The molecule has 1 amide bonds. The van der Waals surface area contributed by atoms with E-state index in [4.69, 9.17) is 0 Å². The molecular formula is C18H36N4O3S. The van der Waals surface area contributed by atoms with Crippen molar-refractivity contribution in [3.63, 3.8) is 0 Å². The van der Waals surface area contributed by atoms with Gasteiger partial charge in [-0.3, -0.25) is 4.79 Å². The third-order valence-corrected chi connectivity index (χ3v) is 7.67. The van der Waals surface area contributed by atoms with Crippen molar-refractivity contribution < 1.29 is 13.2 Å². The molecule has 2 rings (SSSR count). The topological polar surface area (TPSA) is 73.0 Å². The van der Waals surface area contributed by atoms with E-state index in [0.29, 0.717) is 51.5 Å². The first-order chi connectivity index (χ1) is 12.4. The molecule has 0 bridgehead atoms. The number of hydrogen-bond acceptors (Lipinski definition) is 4. The van der Waals surface area contributed by atoms with Gasteiger partial charge in [-0.2, -0.15) is 17.0 Å². The fourth-order valence-corrected chi connectivity index (χ4v) is 5.56. The molecule has 2 saturated heterocycles. The molecule has 2 fully saturated rings. The van der Waals surface area contributed by atoms with Crippen LogP contribution in [0.2, 0.25) is 0 Å². The second-order valence-corrected chi connectivity index (χ2v) is 9.55. The van der Waals surface area contributed by atoms with Gasteiger partial charge in [0, 0.05) is 45.2 Å². The van der Waals surface area contributed by atoms with Crippen molar-refractivity contribution in [2.75, 3.05) is 52.4 Å². The maximum Gasteiger partial charge on any atom is 0.281 e. The number of amides is 1. The Morgan fingerprint density at radius 2 is 1.62 bits per heavy atom. The van der Waals surface area contributed by atoms with Gasteiger partial charge in [0.15, 0.2) is 0 Å². The van der Waals surface area contributed by atoms with Crippen molar-refractivity contribution in [1.29, 1.82) is 0 Å². The highest BCUT2D eigenvalue weighted by molar-refractivity contribution is 7.86. The summed E-state index contributed by atoms with van der Waals surface area (Å²) in [5.41, 5.74) is 0. The molecule has 1 atom stereocenters. The Labute approximate surface area is 159 Å². The van der Waals surface area contributed by atoms with Gasteiger partial charge in [-0.05, 0) is 44.7 Å². The fraction of sp³-hybridized carbons (Fsp3) is 0.944. The SMILES string of the molecule is CCN(CC)CC(C)CNC(=O)C1CCN(S(=O)(=O)N2CCCC2)CC1. The van der Waals surface area contributed by atoms with Gasteiger partial charge in [0.05, 0.1) is 0 Å². The number of piperidine rings is 1. The monoisotopic (exact) mass is 388 g/mol. The van der Waals surface area contributed by atoms with E-state index in [-0.39, 0.29) is 11.8 Å². The molecule has 2 aliphatic rings. The Balaban J connectivity index is 1.74. The Morgan fingerprint density at radius 1 is 1.08 bits per heavy atom. The van der Waals surface area contributed by atoms with E-state index < -0.39 is 10.2 Å². The predicted molar refractivity (Wildman–Crippen MR) is 104 cm³/mol. The Kier molecular flexibility index (Phi) is 8.32. The lowest BCUT2D eigenvalue weighted by atomic mass is 9.97. The maximum absolute atomic E-state index is 12.6. The van der Waals surface area contributed by atoms with E-state index in [1.807, 2.05) is 0 Å². The second-order valence-electron chi connectivity index (χ2n) is 7.62. The minimum Gasteiger partial charge on any atom is -0.356 e. The van der Waals surface area contributed by atoms with Crippen molar-refractivity contribution in [2.45, 2.75) is 46.5 Å². The molecule has 0 radical (unpaired) electrons. The minimum atomic E-state index is -3.33. The van der Waals surface area contributed by atoms with Crippen LogP contribution in [0.4, 0.5) is 0 Å². The number of rotatable bonds is 9. The molecule has 26 heavy (non-hydrogen) atoms. The summed E-state index contributed by atoms with van der Waals surface area (Å²) in [7, 11) is -3.33. The van der Waals surface area contributed by atoms with Crippen LogP contribution in [0.15, 0.2) is 0 Å². The van der Waals surface area contributed by atoms with Gasteiger partial charge < -0.3 is 10.2 Å². The van der Waals surface area contributed by atoms with Crippen LogP contribution in [0.25, 0.3) is 0 Å². The van der Waals surface area contributed by atoms with Gasteiger partial charge in [-0.1, -0.05) is 20.8 Å². The van der Waals surface area contributed by atoms with Gasteiger partial charge in [0.25, 0.3) is 10.2 Å². The Bertz CT molecular complexity index is 537. The van der Waals surface area contributed by atoms with Crippen LogP contribution < -0.4 is 5.32 Å². The van der Waals surface area contributed by atoms with Crippen LogP contribution in [0.1, 0.15) is 46.5 Å². The zero-order valence-electron chi connectivity index (χ0n) is 16.6. The minimum absolute atomic E-state index is 0.0688. The molecule has 1 N–H and O–H groups in total. The van der Waals surface area contributed by atoms with Gasteiger partial charge >= 0.3 is 0 Å². The van der Waals surface area contributed by atoms with Crippen molar-refractivity contribution >= 4 is 16.1 Å². The van der Waals surface area contributed by atoms with Gasteiger partial charge in [0.1, 0.15) is 0 Å². The Hall–Kier alpha value is -0.700. The van der Waals surface area contributed by atoms with Crippen LogP contribution in [0.5, 0.6) is 0 Å². The first-order valence-electron chi connectivity index (χ1n) is 10.1. The van der Waals surface area contributed by atoms with E-state index in [1.165, 1.54) is 0 Å². The summed E-state index contributed by atoms with van der Waals surface area (Å²) in [6, 6.07) is 0. The van der Waals surface area contributed by atoms with Crippen LogP contribution >= 0.6 is 0 Å². The lowest BCUT2D eigenvalue weighted by molar-refractivity contribution is -0.126. The summed E-state index contributed by atoms with van der Waals surface area (Å²) in [5, 5.41) is 3.07. The third kappa shape index (κ3) is 5.65. The van der Waals surface area contributed by atoms with Gasteiger partial charge in [0.2, 0.25) is 5.91 Å². The quantitative estimate of drug-likeness (QED) is 0.643. The standard InChI is InChI=1S/C18H36N4O3S/c1-4-20(5-2)15-16(3)14-19-18(23)17-8-12-22(13-9-17)26(24,25)21-10-6-7-11-21/h16-17H,4-15H2,1-3H3,(H,19,23). The number of nitrogens with zero attached hydrogens (tertiary/aromatic N) is 3. The van der Waals surface area contributed by atoms with Crippen molar-refractivity contribution in [1.82, 2.24) is 18.8 Å². The van der Waals surface area contributed by atoms with E-state index in [9.17, 15) is 13.2 Å². The summed E-state index contributed by atoms with van der Waals surface area (Å²) < 4.78 is 28.3. The highest BCUT2D eigenvalue weighted by Crippen LogP contribution is 2.23. The molecule has 2 aliphatic heterocycles. The molecule has 0 aromatic carbocycles. The van der Waals surface area contributed by atoms with E-state index in [1.54, 1.807) is 8.61 Å². The number of carbonyl (C=O) groups is 1. The van der Waals surface area contributed by atoms with Crippen molar-refractivity contribution in [3.05, 3.63) is 0 Å². The van der Waals surface area contributed by atoms with Gasteiger partial charge in [-0.25, -0.2) is 0 Å². The zero-order valence-corrected chi connectivity index (χ0v) is 17.4. The van der Waals surface area contributed by atoms with E-state index in [0.717, 1.165) is 32.5 Å². The average molecular weight is 389 g/mol. The average Bonchev–Trinajstić information content (AvgIpc) is 3.20. The first kappa shape index (κ1) is 21.6. The summed E-state index contributed by atoms with van der Waals surface area (Å²) in [6.07, 6.45) is 3.13. The molecule has 0 saturated carbocycles. The molecule has 152 valence electrons. The fourth-order valence-electron chi connectivity index (χ4n) is 3.84. The molecule has 0 aromatic rings. The maximum atomic E-state index is 12.6. The summed E-state index contributed by atoms with van der Waals surface area (Å²) in [4.78, 5) is 14.8. The van der Waals surface area contributed by atoms with Crippen LogP contribution in [-0.4, -0.2) is 80.2 Å². The van der Waals surface area contributed by atoms with Crippen LogP contribution in [-0.2, 0) is 15.0 Å². The van der Waals surface area contributed by atoms with Crippen LogP contribution in [0.3, 0.4) is 0 Å². The zero-order chi connectivity index (χ0) is 19.2. The predicted octanol–water partition coefficient (Wildman–Crippen LogP) is 1.13. The largest absolute Gasteiger partial charge is 0.356 e. The molecule has 8 heteroatoms. The lowest BCUT2D eigenvalue weighted by Crippen LogP contribution is -2.48. The normalized spacial score (nSPS) is 22.0. The number of hydrogen-bond donors (Lipinski definition) is 1. The number of nitrogens with one attached hydrogen (secondary N) is 1. The lowest BCUT2D eigenvalue weighted by Gasteiger charge is -2.33. The summed E-state index contributed by atoms with van der Waals surface area (Å²) in [6.45, 7) is 12.3. The van der Waals surface area contributed by atoms with Gasteiger partial charge in [-0.15, -0.1) is 0 Å². The molecular weight excluding hydrogens is 352 g/mol. The summed E-state index contributed by atoms with van der Waals surface area (Å²) in [5.74, 6) is 0.421. The van der Waals surface area contributed by atoms with Crippen LogP contribution in [0, 0.1) is 11.8 Å². The highest BCUT2D eigenvalue weighted by Gasteiger charge is 2.35. The van der Waals surface area contributed by atoms with E-state index >= 15 is 0 Å². The second kappa shape index (κ2) is 10.0. The third-order valence-electron chi connectivity index (χ3n) is 5.63. The molecule has 1 unspecified atom stereocenters.